The smallest absolute Gasteiger partial charge is 0.0706 e. The van der Waals surface area contributed by atoms with E-state index in [-0.39, 0.29) is 0 Å². The first-order valence-corrected chi connectivity index (χ1v) is 7.83. The van der Waals surface area contributed by atoms with E-state index in [2.05, 4.69) is 48.6 Å². The fourth-order valence-corrected chi connectivity index (χ4v) is 3.95. The predicted molar refractivity (Wildman–Crippen MR) is 83.0 cm³/mol. The highest BCUT2D eigenvalue weighted by Crippen LogP contribution is 2.45. The van der Waals surface area contributed by atoms with Crippen molar-refractivity contribution in [3.8, 4) is 0 Å². The van der Waals surface area contributed by atoms with E-state index in [1.807, 2.05) is 0 Å². The van der Waals surface area contributed by atoms with Crippen molar-refractivity contribution in [3.05, 3.63) is 29.8 Å². The van der Waals surface area contributed by atoms with Crippen LogP contribution >= 0.6 is 0 Å². The zero-order chi connectivity index (χ0) is 14.2. The van der Waals surface area contributed by atoms with Gasteiger partial charge in [-0.3, -0.25) is 0 Å². The molecule has 3 nitrogen and oxygen atoms in total. The highest BCUT2D eigenvalue weighted by Gasteiger charge is 2.45. The fourth-order valence-electron chi connectivity index (χ4n) is 3.95. The van der Waals surface area contributed by atoms with Gasteiger partial charge < -0.3 is 15.3 Å². The van der Waals surface area contributed by atoms with Crippen LogP contribution < -0.4 is 10.2 Å². The Morgan fingerprint density at radius 1 is 1.15 bits per heavy atom. The molecule has 1 saturated carbocycles. The summed E-state index contributed by atoms with van der Waals surface area (Å²) in [5.41, 5.74) is 2.11. The van der Waals surface area contributed by atoms with Crippen LogP contribution in [-0.2, 0) is 0 Å². The number of benzene rings is 1. The molecule has 1 saturated heterocycles. The lowest BCUT2D eigenvalue weighted by Gasteiger charge is -2.48. The molecule has 20 heavy (non-hydrogen) atoms. The Bertz CT molecular complexity index is 453. The predicted octanol–water partition coefficient (Wildman–Crippen LogP) is 2.71. The van der Waals surface area contributed by atoms with Crippen LogP contribution in [-0.4, -0.2) is 31.3 Å². The lowest BCUT2D eigenvalue weighted by molar-refractivity contribution is -0.0861. The van der Waals surface area contributed by atoms with Gasteiger partial charge in [0.1, 0.15) is 0 Å². The molecule has 0 bridgehead atoms. The van der Waals surface area contributed by atoms with Crippen molar-refractivity contribution in [2.24, 2.45) is 5.92 Å². The molecule has 2 fully saturated rings. The number of piperidine rings is 1. The molecule has 0 unspecified atom stereocenters. The van der Waals surface area contributed by atoms with Crippen LogP contribution in [0.3, 0.4) is 0 Å². The maximum Gasteiger partial charge on any atom is 0.0706 e. The fraction of sp³-hybridized carbons (Fsp3) is 0.647. The maximum atomic E-state index is 10.9. The largest absolute Gasteiger partial charge is 0.389 e. The Balaban J connectivity index is 1.84. The highest BCUT2D eigenvalue weighted by atomic mass is 16.3. The molecule has 3 heteroatoms. The number of nitrogens with zero attached hydrogens (tertiary/aromatic N) is 1. The van der Waals surface area contributed by atoms with Gasteiger partial charge in [0, 0.05) is 31.7 Å². The quantitative estimate of drug-likeness (QED) is 0.870. The molecule has 1 aliphatic carbocycles. The minimum Gasteiger partial charge on any atom is -0.389 e. The van der Waals surface area contributed by atoms with E-state index in [1.165, 1.54) is 24.1 Å². The molecule has 3 atom stereocenters. The molecule has 0 aromatic heterocycles. The molecule has 3 rings (SSSR count). The number of aliphatic hydroxyl groups is 1. The van der Waals surface area contributed by atoms with Gasteiger partial charge in [-0.2, -0.15) is 0 Å². The molecule has 1 aliphatic heterocycles. The molecule has 110 valence electrons. The van der Waals surface area contributed by atoms with Crippen LogP contribution in [0.1, 0.15) is 43.7 Å². The second-order valence-electron chi connectivity index (χ2n) is 6.62. The van der Waals surface area contributed by atoms with Crippen molar-refractivity contribution < 1.29 is 5.11 Å². The number of rotatable bonds is 2. The summed E-state index contributed by atoms with van der Waals surface area (Å²) in [5, 5.41) is 14.6. The Morgan fingerprint density at radius 3 is 2.60 bits per heavy atom. The average molecular weight is 274 g/mol. The average Bonchev–Trinajstić information content (AvgIpc) is 2.46. The number of nitrogens with one attached hydrogen (secondary N) is 1. The number of hydrogen-bond donors (Lipinski definition) is 2. The summed E-state index contributed by atoms with van der Waals surface area (Å²) in [6, 6.07) is 9.09. The Hall–Kier alpha value is -1.06. The molecule has 2 N–H and O–H groups in total. The summed E-state index contributed by atoms with van der Waals surface area (Å²) < 4.78 is 0. The molecule has 1 aromatic rings. The number of anilines is 1. The van der Waals surface area contributed by atoms with Crippen molar-refractivity contribution >= 4 is 5.69 Å². The van der Waals surface area contributed by atoms with Gasteiger partial charge in [0.2, 0.25) is 0 Å². The zero-order valence-corrected chi connectivity index (χ0v) is 12.6. The third-order valence-electron chi connectivity index (χ3n) is 5.16. The zero-order valence-electron chi connectivity index (χ0n) is 12.6. The van der Waals surface area contributed by atoms with E-state index in [1.54, 1.807) is 0 Å². The summed E-state index contributed by atoms with van der Waals surface area (Å²) in [7, 11) is 4.13. The van der Waals surface area contributed by atoms with Gasteiger partial charge in [0.15, 0.2) is 0 Å². The van der Waals surface area contributed by atoms with Crippen molar-refractivity contribution in [2.75, 3.05) is 25.5 Å². The number of hydrogen-bond acceptors (Lipinski definition) is 3. The summed E-state index contributed by atoms with van der Waals surface area (Å²) in [6.45, 7) is 0.924. The first-order chi connectivity index (χ1) is 9.60. The summed E-state index contributed by atoms with van der Waals surface area (Å²) in [4.78, 5) is 2.12. The van der Waals surface area contributed by atoms with Gasteiger partial charge in [-0.25, -0.2) is 0 Å². The Labute approximate surface area is 122 Å². The van der Waals surface area contributed by atoms with E-state index in [0.717, 1.165) is 25.8 Å². The minimum absolute atomic E-state index is 0.310. The SMILES string of the molecule is CN(C)c1ccc([C@H]2NCC[C@@]3(O)CCCC[C@@H]23)cc1. The molecule has 0 spiro atoms. The van der Waals surface area contributed by atoms with Crippen LogP contribution in [0, 0.1) is 5.92 Å². The lowest BCUT2D eigenvalue weighted by atomic mass is 9.67. The molecule has 2 aliphatic rings. The van der Waals surface area contributed by atoms with Crippen molar-refractivity contribution in [1.29, 1.82) is 0 Å². The molecular formula is C17H26N2O. The molecule has 1 aromatic carbocycles. The van der Waals surface area contributed by atoms with E-state index in [0.29, 0.717) is 12.0 Å². The summed E-state index contributed by atoms with van der Waals surface area (Å²) in [6.07, 6.45) is 5.46. The maximum absolute atomic E-state index is 10.9. The highest BCUT2D eigenvalue weighted by molar-refractivity contribution is 5.46. The van der Waals surface area contributed by atoms with Crippen LogP contribution in [0.25, 0.3) is 0 Å². The Kier molecular flexibility index (Phi) is 3.74. The Morgan fingerprint density at radius 2 is 1.90 bits per heavy atom. The molecular weight excluding hydrogens is 248 g/mol. The van der Waals surface area contributed by atoms with E-state index in [4.69, 9.17) is 0 Å². The van der Waals surface area contributed by atoms with Crippen LogP contribution in [0.5, 0.6) is 0 Å². The first-order valence-electron chi connectivity index (χ1n) is 7.83. The van der Waals surface area contributed by atoms with Gasteiger partial charge >= 0.3 is 0 Å². The second kappa shape index (κ2) is 5.38. The third kappa shape index (κ3) is 2.45. The van der Waals surface area contributed by atoms with Crippen LogP contribution in [0.4, 0.5) is 5.69 Å². The van der Waals surface area contributed by atoms with Crippen LogP contribution in [0.2, 0.25) is 0 Å². The van der Waals surface area contributed by atoms with Gasteiger partial charge in [-0.15, -0.1) is 0 Å². The standard InChI is InChI=1S/C17H26N2O/c1-19(2)14-8-6-13(7-9-14)16-15-5-3-4-10-17(15,20)11-12-18-16/h6-9,15-16,18,20H,3-5,10-12H2,1-2H3/t15-,16+,17-/m0/s1. The van der Waals surface area contributed by atoms with E-state index < -0.39 is 5.60 Å². The third-order valence-corrected chi connectivity index (χ3v) is 5.16. The monoisotopic (exact) mass is 274 g/mol. The van der Waals surface area contributed by atoms with Gasteiger partial charge in [-0.1, -0.05) is 25.0 Å². The van der Waals surface area contributed by atoms with Gasteiger partial charge in [0.25, 0.3) is 0 Å². The van der Waals surface area contributed by atoms with E-state index >= 15 is 0 Å². The lowest BCUT2D eigenvalue weighted by Crippen LogP contribution is -2.53. The van der Waals surface area contributed by atoms with Crippen molar-refractivity contribution in [3.63, 3.8) is 0 Å². The van der Waals surface area contributed by atoms with Crippen molar-refractivity contribution in [2.45, 2.75) is 43.7 Å². The first kappa shape index (κ1) is 13.9. The summed E-state index contributed by atoms with van der Waals surface area (Å²) in [5.74, 6) is 0.371. The van der Waals surface area contributed by atoms with Gasteiger partial charge in [0.05, 0.1) is 5.60 Å². The van der Waals surface area contributed by atoms with Crippen molar-refractivity contribution in [1.82, 2.24) is 5.32 Å². The second-order valence-corrected chi connectivity index (χ2v) is 6.62. The normalized spacial score (nSPS) is 33.5. The summed E-state index contributed by atoms with van der Waals surface area (Å²) >= 11 is 0. The van der Waals surface area contributed by atoms with Crippen LogP contribution in [0.15, 0.2) is 24.3 Å². The van der Waals surface area contributed by atoms with Gasteiger partial charge in [-0.05, 0) is 43.5 Å². The number of fused-ring (bicyclic) bond motifs is 1. The molecule has 0 amide bonds. The topological polar surface area (TPSA) is 35.5 Å². The van der Waals surface area contributed by atoms with E-state index in [9.17, 15) is 5.11 Å². The molecule has 1 heterocycles. The molecule has 0 radical (unpaired) electrons. The minimum atomic E-state index is -0.436.